The number of phenolic OH excluding ortho intramolecular Hbond substituents is 1. The highest BCUT2D eigenvalue weighted by Gasteiger charge is 2.21. The van der Waals surface area contributed by atoms with Gasteiger partial charge in [0.2, 0.25) is 0 Å². The minimum atomic E-state index is -1.02. The van der Waals surface area contributed by atoms with Gasteiger partial charge in [-0.25, -0.2) is 4.79 Å². The fourth-order valence-corrected chi connectivity index (χ4v) is 2.97. The molecule has 0 radical (unpaired) electrons. The standard InChI is InChI=1S/C16H17N3O3/c20-12-4-5-13-10(8-12)2-1-3-11(13)9-17-15-14(16(21)22)6-7-18-19-15/h4-8,11,20H,1-3,9H2,(H,17,19)(H,21,22). The molecular weight excluding hydrogens is 282 g/mol. The smallest absolute Gasteiger partial charge is 0.339 e. The Labute approximate surface area is 127 Å². The first kappa shape index (κ1) is 14.3. The lowest BCUT2D eigenvalue weighted by Crippen LogP contribution is -2.20. The van der Waals surface area contributed by atoms with Crippen LogP contribution in [0.4, 0.5) is 5.82 Å². The van der Waals surface area contributed by atoms with Crippen molar-refractivity contribution in [1.82, 2.24) is 10.2 Å². The lowest BCUT2D eigenvalue weighted by atomic mass is 9.82. The Kier molecular flexibility index (Phi) is 3.91. The molecule has 0 bridgehead atoms. The van der Waals surface area contributed by atoms with E-state index in [1.165, 1.54) is 17.8 Å². The number of aromatic hydroxyl groups is 1. The van der Waals surface area contributed by atoms with Gasteiger partial charge in [-0.1, -0.05) is 6.07 Å². The van der Waals surface area contributed by atoms with Gasteiger partial charge in [0.1, 0.15) is 11.3 Å². The van der Waals surface area contributed by atoms with Crippen molar-refractivity contribution in [3.05, 3.63) is 47.2 Å². The van der Waals surface area contributed by atoms with Crippen molar-refractivity contribution >= 4 is 11.8 Å². The Morgan fingerprint density at radius 1 is 1.36 bits per heavy atom. The molecule has 22 heavy (non-hydrogen) atoms. The van der Waals surface area contributed by atoms with Crippen molar-refractivity contribution in [3.63, 3.8) is 0 Å². The molecule has 1 aromatic heterocycles. The molecule has 0 spiro atoms. The van der Waals surface area contributed by atoms with E-state index in [9.17, 15) is 9.90 Å². The van der Waals surface area contributed by atoms with Gasteiger partial charge in [0.15, 0.2) is 5.82 Å². The molecule has 1 atom stereocenters. The van der Waals surface area contributed by atoms with Crippen LogP contribution in [0.5, 0.6) is 5.75 Å². The maximum absolute atomic E-state index is 11.2. The molecule has 3 N–H and O–H groups in total. The second kappa shape index (κ2) is 6.01. The number of phenols is 1. The number of nitrogens with one attached hydrogen (secondary N) is 1. The normalized spacial score (nSPS) is 16.8. The molecule has 2 aromatic rings. The van der Waals surface area contributed by atoms with E-state index in [-0.39, 0.29) is 17.2 Å². The minimum absolute atomic E-state index is 0.122. The SMILES string of the molecule is O=C(O)c1ccnnc1NCC1CCCc2cc(O)ccc21. The first-order valence-electron chi connectivity index (χ1n) is 7.26. The Bertz CT molecular complexity index is 703. The van der Waals surface area contributed by atoms with Gasteiger partial charge in [-0.2, -0.15) is 5.10 Å². The Hall–Kier alpha value is -2.63. The summed E-state index contributed by atoms with van der Waals surface area (Å²) in [7, 11) is 0. The lowest BCUT2D eigenvalue weighted by Gasteiger charge is -2.26. The van der Waals surface area contributed by atoms with E-state index in [1.807, 2.05) is 12.1 Å². The summed E-state index contributed by atoms with van der Waals surface area (Å²) in [5.41, 5.74) is 2.49. The number of carboxylic acids is 1. The van der Waals surface area contributed by atoms with Crippen molar-refractivity contribution < 1.29 is 15.0 Å². The fraction of sp³-hybridized carbons (Fsp3) is 0.312. The number of fused-ring (bicyclic) bond motifs is 1. The van der Waals surface area contributed by atoms with Crippen molar-refractivity contribution in [3.8, 4) is 5.75 Å². The number of benzene rings is 1. The number of carbonyl (C=O) groups is 1. The molecule has 0 amide bonds. The summed E-state index contributed by atoms with van der Waals surface area (Å²) in [6, 6.07) is 6.89. The van der Waals surface area contributed by atoms with Gasteiger partial charge in [0, 0.05) is 12.5 Å². The third-order valence-corrected chi connectivity index (χ3v) is 4.03. The van der Waals surface area contributed by atoms with Crippen LogP contribution in [0.1, 0.15) is 40.2 Å². The van der Waals surface area contributed by atoms with Crippen LogP contribution in [0.25, 0.3) is 0 Å². The number of aromatic nitrogens is 2. The molecule has 1 heterocycles. The van der Waals surface area contributed by atoms with E-state index < -0.39 is 5.97 Å². The summed E-state index contributed by atoms with van der Waals surface area (Å²) in [6.45, 7) is 0.594. The zero-order valence-electron chi connectivity index (χ0n) is 12.0. The molecule has 6 heteroatoms. The second-order valence-corrected chi connectivity index (χ2v) is 5.45. The van der Waals surface area contributed by atoms with Crippen LogP contribution in [0, 0.1) is 0 Å². The van der Waals surface area contributed by atoms with Crippen LogP contribution in [0.2, 0.25) is 0 Å². The zero-order valence-corrected chi connectivity index (χ0v) is 12.0. The van der Waals surface area contributed by atoms with Crippen LogP contribution in [-0.4, -0.2) is 32.9 Å². The number of hydrogen-bond acceptors (Lipinski definition) is 5. The maximum atomic E-state index is 11.2. The molecule has 1 aliphatic rings. The third kappa shape index (κ3) is 2.86. The van der Waals surface area contributed by atoms with Gasteiger partial charge in [-0.05, 0) is 48.6 Å². The number of carboxylic acid groups (broad SMARTS) is 1. The average Bonchev–Trinajstić information content (AvgIpc) is 2.52. The third-order valence-electron chi connectivity index (χ3n) is 4.03. The maximum Gasteiger partial charge on any atom is 0.339 e. The van der Waals surface area contributed by atoms with Crippen LogP contribution < -0.4 is 5.32 Å². The Morgan fingerprint density at radius 2 is 2.23 bits per heavy atom. The Morgan fingerprint density at radius 3 is 3.05 bits per heavy atom. The Balaban J connectivity index is 1.77. The predicted octanol–water partition coefficient (Wildman–Crippen LogP) is 2.41. The number of rotatable bonds is 4. The molecule has 1 aromatic carbocycles. The highest BCUT2D eigenvalue weighted by Crippen LogP contribution is 2.33. The summed E-state index contributed by atoms with van der Waals surface area (Å²) >= 11 is 0. The highest BCUT2D eigenvalue weighted by molar-refractivity contribution is 5.92. The van der Waals surface area contributed by atoms with Crippen LogP contribution >= 0.6 is 0 Å². The molecule has 3 rings (SSSR count). The molecule has 6 nitrogen and oxygen atoms in total. The number of aryl methyl sites for hydroxylation is 1. The molecule has 114 valence electrons. The van der Waals surface area contributed by atoms with Crippen LogP contribution in [0.15, 0.2) is 30.5 Å². The van der Waals surface area contributed by atoms with Crippen molar-refractivity contribution in [2.75, 3.05) is 11.9 Å². The van der Waals surface area contributed by atoms with Crippen molar-refractivity contribution in [1.29, 1.82) is 0 Å². The number of hydrogen-bond donors (Lipinski definition) is 3. The van der Waals surface area contributed by atoms with Crippen LogP contribution in [0.3, 0.4) is 0 Å². The topological polar surface area (TPSA) is 95.3 Å². The first-order valence-corrected chi connectivity index (χ1v) is 7.26. The molecule has 0 fully saturated rings. The fourth-order valence-electron chi connectivity index (χ4n) is 2.97. The van der Waals surface area contributed by atoms with E-state index in [0.29, 0.717) is 12.4 Å². The van der Waals surface area contributed by atoms with Crippen molar-refractivity contribution in [2.24, 2.45) is 0 Å². The summed E-state index contributed by atoms with van der Waals surface area (Å²) in [4.78, 5) is 11.2. The highest BCUT2D eigenvalue weighted by atomic mass is 16.4. The largest absolute Gasteiger partial charge is 0.508 e. The zero-order chi connectivity index (χ0) is 15.5. The predicted molar refractivity (Wildman–Crippen MR) is 81.3 cm³/mol. The summed E-state index contributed by atoms with van der Waals surface area (Å²) in [5.74, 6) is -0.172. The van der Waals surface area contributed by atoms with Crippen molar-refractivity contribution in [2.45, 2.75) is 25.2 Å². The van der Waals surface area contributed by atoms with Gasteiger partial charge in [0.05, 0.1) is 6.20 Å². The summed E-state index contributed by atoms with van der Waals surface area (Å²) < 4.78 is 0. The summed E-state index contributed by atoms with van der Waals surface area (Å²) in [5, 5.41) is 29.4. The number of aromatic carboxylic acids is 1. The van der Waals surface area contributed by atoms with E-state index in [4.69, 9.17) is 5.11 Å². The minimum Gasteiger partial charge on any atom is -0.508 e. The van der Waals surface area contributed by atoms with Gasteiger partial charge in [0.25, 0.3) is 0 Å². The van der Waals surface area contributed by atoms with E-state index in [2.05, 4.69) is 15.5 Å². The molecular formula is C16H17N3O3. The number of anilines is 1. The molecule has 1 unspecified atom stereocenters. The van der Waals surface area contributed by atoms with E-state index in [1.54, 1.807) is 6.07 Å². The second-order valence-electron chi connectivity index (χ2n) is 5.45. The van der Waals surface area contributed by atoms with Gasteiger partial charge < -0.3 is 15.5 Å². The average molecular weight is 299 g/mol. The number of nitrogens with zero attached hydrogens (tertiary/aromatic N) is 2. The molecule has 0 saturated heterocycles. The van der Waals surface area contributed by atoms with Gasteiger partial charge in [-0.15, -0.1) is 5.10 Å². The van der Waals surface area contributed by atoms with E-state index >= 15 is 0 Å². The molecule has 1 aliphatic carbocycles. The monoisotopic (exact) mass is 299 g/mol. The lowest BCUT2D eigenvalue weighted by molar-refractivity contribution is 0.0697. The molecule has 0 aliphatic heterocycles. The first-order chi connectivity index (χ1) is 10.6. The van der Waals surface area contributed by atoms with Gasteiger partial charge in [-0.3, -0.25) is 0 Å². The summed E-state index contributed by atoms with van der Waals surface area (Å²) in [6.07, 6.45) is 4.40. The van der Waals surface area contributed by atoms with Gasteiger partial charge >= 0.3 is 5.97 Å². The molecule has 0 saturated carbocycles. The van der Waals surface area contributed by atoms with Crippen LogP contribution in [-0.2, 0) is 6.42 Å². The quantitative estimate of drug-likeness (QED) is 0.802. The van der Waals surface area contributed by atoms with E-state index in [0.717, 1.165) is 24.8 Å².